The fraction of sp³-hybridized carbons (Fsp3) is 0.375. The molecule has 1 aromatic carbocycles. The van der Waals surface area contributed by atoms with Gasteiger partial charge in [0.25, 0.3) is 5.91 Å². The summed E-state index contributed by atoms with van der Waals surface area (Å²) in [6.07, 6.45) is 8.05. The first-order chi connectivity index (χ1) is 15.7. The van der Waals surface area contributed by atoms with Crippen molar-refractivity contribution in [2.24, 2.45) is 0 Å². The van der Waals surface area contributed by atoms with Crippen molar-refractivity contribution >= 4 is 23.3 Å². The Balaban J connectivity index is 1.12. The van der Waals surface area contributed by atoms with Gasteiger partial charge in [0.1, 0.15) is 11.8 Å². The third-order valence-electron chi connectivity index (χ3n) is 6.26. The Morgan fingerprint density at radius 1 is 1.12 bits per heavy atom. The zero-order chi connectivity index (χ0) is 21.9. The Hall–Kier alpha value is -3.39. The normalized spacial score (nSPS) is 20.6. The first-order valence-corrected chi connectivity index (χ1v) is 11.1. The van der Waals surface area contributed by atoms with E-state index in [4.69, 9.17) is 4.74 Å². The highest BCUT2D eigenvalue weighted by molar-refractivity contribution is 5.89. The van der Waals surface area contributed by atoms with E-state index in [0.29, 0.717) is 19.1 Å². The molecule has 0 radical (unpaired) electrons. The van der Waals surface area contributed by atoms with Gasteiger partial charge in [0, 0.05) is 56.4 Å². The molecule has 3 amide bonds. The molecule has 32 heavy (non-hydrogen) atoms. The van der Waals surface area contributed by atoms with Crippen LogP contribution >= 0.6 is 0 Å². The second-order valence-electron chi connectivity index (χ2n) is 8.43. The van der Waals surface area contributed by atoms with Crippen LogP contribution in [0.1, 0.15) is 36.3 Å². The molecular formula is C24H27N5O3. The number of fused-ring (bicyclic) bond motifs is 1. The van der Waals surface area contributed by atoms with Crippen molar-refractivity contribution in [2.75, 3.05) is 25.0 Å². The number of nitrogens with one attached hydrogen (secondary N) is 2. The van der Waals surface area contributed by atoms with Crippen LogP contribution in [-0.2, 0) is 16.1 Å². The second kappa shape index (κ2) is 9.00. The summed E-state index contributed by atoms with van der Waals surface area (Å²) in [6, 6.07) is 11.5. The van der Waals surface area contributed by atoms with Crippen LogP contribution in [0.3, 0.4) is 0 Å². The molecule has 8 heteroatoms. The number of hydrogen-bond donors (Lipinski definition) is 2. The predicted octanol–water partition coefficient (Wildman–Crippen LogP) is 3.15. The van der Waals surface area contributed by atoms with E-state index in [0.717, 1.165) is 49.2 Å². The van der Waals surface area contributed by atoms with Crippen LogP contribution in [0.25, 0.3) is 5.65 Å². The summed E-state index contributed by atoms with van der Waals surface area (Å²) < 4.78 is 7.47. The Morgan fingerprint density at radius 2 is 2.00 bits per heavy atom. The molecule has 5 rings (SSSR count). The highest BCUT2D eigenvalue weighted by Gasteiger charge is 2.33. The fourth-order valence-corrected chi connectivity index (χ4v) is 4.47. The van der Waals surface area contributed by atoms with Crippen LogP contribution in [0, 0.1) is 0 Å². The van der Waals surface area contributed by atoms with Gasteiger partial charge in [-0.25, -0.2) is 9.78 Å². The minimum atomic E-state index is -0.254. The number of aromatic nitrogens is 2. The summed E-state index contributed by atoms with van der Waals surface area (Å²) in [5.41, 5.74) is 3.76. The number of imidazole rings is 1. The van der Waals surface area contributed by atoms with Gasteiger partial charge in [0.15, 0.2) is 0 Å². The van der Waals surface area contributed by atoms with E-state index in [9.17, 15) is 9.59 Å². The quantitative estimate of drug-likeness (QED) is 0.647. The molecule has 0 spiro atoms. The molecule has 8 nitrogen and oxygen atoms in total. The standard InChI is InChI=1S/C24H27N5O3/c30-23(21-2-1-13-32-21)29-11-8-19(16-29)18-3-5-20(6-4-18)27-24(31)26-15-17-7-10-28-12-9-25-22(28)14-17/h3-7,9-10,12,14,19,21H,1-2,8,11,13,15-16H2,(H2,26,27,31)/t19?,21-/m1/s1. The number of rotatable bonds is 5. The second-order valence-corrected chi connectivity index (χ2v) is 8.43. The molecule has 1 unspecified atom stereocenters. The van der Waals surface area contributed by atoms with Crippen molar-refractivity contribution in [1.82, 2.24) is 19.6 Å². The van der Waals surface area contributed by atoms with E-state index in [-0.39, 0.29) is 18.0 Å². The van der Waals surface area contributed by atoms with Gasteiger partial charge < -0.3 is 24.7 Å². The van der Waals surface area contributed by atoms with Gasteiger partial charge in [-0.15, -0.1) is 0 Å². The first kappa shape index (κ1) is 20.5. The lowest BCUT2D eigenvalue weighted by Crippen LogP contribution is -2.37. The topological polar surface area (TPSA) is 88.0 Å². The van der Waals surface area contributed by atoms with Crippen LogP contribution in [-0.4, -0.2) is 52.0 Å². The molecule has 0 aliphatic carbocycles. The molecular weight excluding hydrogens is 406 g/mol. The van der Waals surface area contributed by atoms with Gasteiger partial charge in [-0.1, -0.05) is 12.1 Å². The predicted molar refractivity (Wildman–Crippen MR) is 120 cm³/mol. The van der Waals surface area contributed by atoms with Crippen molar-refractivity contribution in [3.63, 3.8) is 0 Å². The summed E-state index contributed by atoms with van der Waals surface area (Å²) in [5.74, 6) is 0.452. The molecule has 2 aliphatic heterocycles. The van der Waals surface area contributed by atoms with Crippen LogP contribution in [0.4, 0.5) is 10.5 Å². The van der Waals surface area contributed by atoms with Crippen molar-refractivity contribution in [2.45, 2.75) is 37.8 Å². The molecule has 4 heterocycles. The van der Waals surface area contributed by atoms with E-state index in [1.54, 1.807) is 6.20 Å². The maximum Gasteiger partial charge on any atom is 0.319 e. The number of carbonyl (C=O) groups excluding carboxylic acids is 2. The number of ether oxygens (including phenoxy) is 1. The van der Waals surface area contributed by atoms with Gasteiger partial charge in [-0.3, -0.25) is 4.79 Å². The third-order valence-corrected chi connectivity index (χ3v) is 6.26. The highest BCUT2D eigenvalue weighted by Crippen LogP contribution is 2.29. The van der Waals surface area contributed by atoms with Crippen molar-refractivity contribution < 1.29 is 14.3 Å². The summed E-state index contributed by atoms with van der Waals surface area (Å²) in [4.78, 5) is 31.0. The molecule has 3 aromatic rings. The van der Waals surface area contributed by atoms with Crippen molar-refractivity contribution in [3.05, 3.63) is 66.1 Å². The molecule has 0 bridgehead atoms. The van der Waals surface area contributed by atoms with E-state index in [1.165, 1.54) is 5.56 Å². The van der Waals surface area contributed by atoms with E-state index in [2.05, 4.69) is 15.6 Å². The Morgan fingerprint density at radius 3 is 2.81 bits per heavy atom. The zero-order valence-electron chi connectivity index (χ0n) is 17.9. The molecule has 2 fully saturated rings. The summed E-state index contributed by atoms with van der Waals surface area (Å²) in [5, 5.41) is 5.75. The number of likely N-dealkylation sites (tertiary alicyclic amines) is 1. The van der Waals surface area contributed by atoms with E-state index in [1.807, 2.05) is 58.1 Å². The molecule has 2 atom stereocenters. The van der Waals surface area contributed by atoms with Crippen LogP contribution in [0.15, 0.2) is 55.0 Å². The summed E-state index contributed by atoms with van der Waals surface area (Å²) in [7, 11) is 0. The molecule has 0 saturated carbocycles. The number of pyridine rings is 1. The maximum atomic E-state index is 12.6. The number of urea groups is 1. The van der Waals surface area contributed by atoms with Crippen LogP contribution in [0.2, 0.25) is 0 Å². The van der Waals surface area contributed by atoms with Crippen LogP contribution in [0.5, 0.6) is 0 Å². The molecule has 2 saturated heterocycles. The molecule has 2 aliphatic rings. The van der Waals surface area contributed by atoms with Gasteiger partial charge in [0.2, 0.25) is 0 Å². The number of amides is 3. The minimum absolute atomic E-state index is 0.131. The van der Waals surface area contributed by atoms with Crippen molar-refractivity contribution in [1.29, 1.82) is 0 Å². The lowest BCUT2D eigenvalue weighted by Gasteiger charge is -2.20. The molecule has 166 valence electrons. The number of hydrogen-bond acceptors (Lipinski definition) is 4. The van der Waals surface area contributed by atoms with Gasteiger partial charge in [0.05, 0.1) is 0 Å². The van der Waals surface area contributed by atoms with E-state index < -0.39 is 0 Å². The zero-order valence-corrected chi connectivity index (χ0v) is 17.9. The Bertz CT molecular complexity index is 1100. The first-order valence-electron chi connectivity index (χ1n) is 11.1. The Labute approximate surface area is 186 Å². The fourth-order valence-electron chi connectivity index (χ4n) is 4.47. The number of benzene rings is 1. The van der Waals surface area contributed by atoms with Gasteiger partial charge in [-0.05, 0) is 54.7 Å². The monoisotopic (exact) mass is 433 g/mol. The minimum Gasteiger partial charge on any atom is -0.368 e. The number of carbonyl (C=O) groups is 2. The summed E-state index contributed by atoms with van der Waals surface area (Å²) in [6.45, 7) is 2.61. The van der Waals surface area contributed by atoms with Gasteiger partial charge in [-0.2, -0.15) is 0 Å². The average Bonchev–Trinajstić information content (AvgIpc) is 3.59. The smallest absolute Gasteiger partial charge is 0.319 e. The Kier molecular flexibility index (Phi) is 5.77. The van der Waals surface area contributed by atoms with Crippen molar-refractivity contribution in [3.8, 4) is 0 Å². The largest absolute Gasteiger partial charge is 0.368 e. The number of nitrogens with zero attached hydrogens (tertiary/aromatic N) is 3. The third kappa shape index (κ3) is 4.45. The number of anilines is 1. The lowest BCUT2D eigenvalue weighted by atomic mass is 9.98. The highest BCUT2D eigenvalue weighted by atomic mass is 16.5. The van der Waals surface area contributed by atoms with E-state index >= 15 is 0 Å². The SMILES string of the molecule is O=C(NCc1ccn2ccnc2c1)Nc1ccc(C2CCN(C(=O)[C@H]3CCCO3)C2)cc1. The molecule has 2 N–H and O–H groups in total. The average molecular weight is 434 g/mol. The lowest BCUT2D eigenvalue weighted by molar-refractivity contribution is -0.139. The van der Waals surface area contributed by atoms with Gasteiger partial charge >= 0.3 is 6.03 Å². The molecule has 2 aromatic heterocycles. The maximum absolute atomic E-state index is 12.6. The summed E-state index contributed by atoms with van der Waals surface area (Å²) >= 11 is 0. The van der Waals surface area contributed by atoms with Crippen LogP contribution < -0.4 is 10.6 Å².